The lowest BCUT2D eigenvalue weighted by Crippen LogP contribution is -2.08. The van der Waals surface area contributed by atoms with Crippen molar-refractivity contribution in [2.24, 2.45) is 0 Å². The summed E-state index contributed by atoms with van der Waals surface area (Å²) in [6, 6.07) is 3.88. The number of ether oxygens (including phenoxy) is 1. The third-order valence-electron chi connectivity index (χ3n) is 2.02. The molecule has 0 saturated carbocycles. The number of ketones is 1. The summed E-state index contributed by atoms with van der Waals surface area (Å²) in [7, 11) is 0. The molecule has 0 N–H and O–H groups in total. The lowest BCUT2D eigenvalue weighted by atomic mass is 10.1. The van der Waals surface area contributed by atoms with Gasteiger partial charge in [-0.3, -0.25) is 9.59 Å². The number of hydrogen-bond donors (Lipinski definition) is 0. The summed E-state index contributed by atoms with van der Waals surface area (Å²) in [6.07, 6.45) is -0.0219. The van der Waals surface area contributed by atoms with Crippen LogP contribution in [0.25, 0.3) is 0 Å². The summed E-state index contributed by atoms with van der Waals surface area (Å²) in [6.45, 7) is 3.33. The summed E-state index contributed by atoms with van der Waals surface area (Å²) < 4.78 is 17.9. The molecule has 4 heteroatoms. The Morgan fingerprint density at radius 3 is 2.56 bits per heavy atom. The Morgan fingerprint density at radius 2 is 2.00 bits per heavy atom. The highest BCUT2D eigenvalue weighted by molar-refractivity contribution is 5.94. The van der Waals surface area contributed by atoms with Crippen molar-refractivity contribution in [2.75, 3.05) is 6.61 Å². The number of esters is 1. The van der Waals surface area contributed by atoms with E-state index in [1.54, 1.807) is 6.92 Å². The van der Waals surface area contributed by atoms with E-state index < -0.39 is 11.8 Å². The highest BCUT2D eigenvalue weighted by Gasteiger charge is 2.08. The number of Topliss-reactive ketones (excluding diaryl/α,β-unsaturated/α-hetero) is 1. The van der Waals surface area contributed by atoms with Gasteiger partial charge in [0.15, 0.2) is 5.78 Å². The number of carbonyl (C=O) groups excluding carboxylic acids is 2. The summed E-state index contributed by atoms with van der Waals surface area (Å²) in [5, 5.41) is 0. The first-order valence-corrected chi connectivity index (χ1v) is 4.99. The second-order valence-corrected chi connectivity index (χ2v) is 3.39. The van der Waals surface area contributed by atoms with Crippen LogP contribution in [-0.4, -0.2) is 18.4 Å². The SMILES string of the molecule is CCOC(=O)Cc1cc(F)cc(C(C)=O)c1. The molecule has 0 atom stereocenters. The van der Waals surface area contributed by atoms with Gasteiger partial charge in [0.05, 0.1) is 13.0 Å². The molecule has 0 aliphatic carbocycles. The van der Waals surface area contributed by atoms with Crippen LogP contribution >= 0.6 is 0 Å². The van der Waals surface area contributed by atoms with Crippen LogP contribution in [0.5, 0.6) is 0 Å². The van der Waals surface area contributed by atoms with E-state index in [0.717, 1.165) is 6.07 Å². The molecule has 0 bridgehead atoms. The molecule has 0 aliphatic heterocycles. The van der Waals surface area contributed by atoms with Crippen molar-refractivity contribution < 1.29 is 18.7 Å². The van der Waals surface area contributed by atoms with Gasteiger partial charge < -0.3 is 4.74 Å². The monoisotopic (exact) mass is 224 g/mol. The Balaban J connectivity index is 2.88. The Morgan fingerprint density at radius 1 is 1.31 bits per heavy atom. The molecule has 3 nitrogen and oxygen atoms in total. The van der Waals surface area contributed by atoms with Crippen LogP contribution in [0.4, 0.5) is 4.39 Å². The first-order valence-electron chi connectivity index (χ1n) is 4.99. The Labute approximate surface area is 93.2 Å². The molecule has 0 spiro atoms. The lowest BCUT2D eigenvalue weighted by molar-refractivity contribution is -0.142. The fraction of sp³-hybridized carbons (Fsp3) is 0.333. The minimum absolute atomic E-state index is 0.0219. The summed E-state index contributed by atoms with van der Waals surface area (Å²) >= 11 is 0. The fourth-order valence-electron chi connectivity index (χ4n) is 1.33. The van der Waals surface area contributed by atoms with Gasteiger partial charge in [-0.25, -0.2) is 4.39 Å². The normalized spacial score (nSPS) is 9.94. The molecule has 0 fully saturated rings. The Bertz CT molecular complexity index is 413. The van der Waals surface area contributed by atoms with Crippen LogP contribution in [0.1, 0.15) is 29.8 Å². The molecular weight excluding hydrogens is 211 g/mol. The molecule has 0 unspecified atom stereocenters. The average Bonchev–Trinajstić information content (AvgIpc) is 2.16. The zero-order valence-electron chi connectivity index (χ0n) is 9.25. The van der Waals surface area contributed by atoms with Crippen LogP contribution in [0.15, 0.2) is 18.2 Å². The minimum Gasteiger partial charge on any atom is -0.466 e. The van der Waals surface area contributed by atoms with E-state index in [1.165, 1.54) is 19.1 Å². The van der Waals surface area contributed by atoms with Gasteiger partial charge >= 0.3 is 5.97 Å². The molecule has 0 heterocycles. The second-order valence-electron chi connectivity index (χ2n) is 3.39. The highest BCUT2D eigenvalue weighted by Crippen LogP contribution is 2.11. The molecule has 1 aromatic rings. The minimum atomic E-state index is -0.521. The topological polar surface area (TPSA) is 43.4 Å². The van der Waals surface area contributed by atoms with Gasteiger partial charge in [0, 0.05) is 5.56 Å². The largest absolute Gasteiger partial charge is 0.466 e. The van der Waals surface area contributed by atoms with E-state index in [-0.39, 0.29) is 24.4 Å². The molecular formula is C12H13FO3. The molecule has 1 rings (SSSR count). The third kappa shape index (κ3) is 3.46. The first-order chi connectivity index (χ1) is 7.52. The maximum atomic E-state index is 13.1. The molecule has 0 aromatic heterocycles. The zero-order chi connectivity index (χ0) is 12.1. The fourth-order valence-corrected chi connectivity index (χ4v) is 1.33. The van der Waals surface area contributed by atoms with Gasteiger partial charge in [-0.15, -0.1) is 0 Å². The summed E-state index contributed by atoms with van der Waals surface area (Å²) in [4.78, 5) is 22.3. The predicted octanol–water partition coefficient (Wildman–Crippen LogP) is 2.13. The number of halogens is 1. The molecule has 0 amide bonds. The van der Waals surface area contributed by atoms with E-state index in [1.807, 2.05) is 0 Å². The second kappa shape index (κ2) is 5.39. The van der Waals surface area contributed by atoms with Gasteiger partial charge in [-0.2, -0.15) is 0 Å². The third-order valence-corrected chi connectivity index (χ3v) is 2.02. The highest BCUT2D eigenvalue weighted by atomic mass is 19.1. The quantitative estimate of drug-likeness (QED) is 0.581. The van der Waals surface area contributed by atoms with E-state index in [4.69, 9.17) is 4.74 Å². The van der Waals surface area contributed by atoms with Crippen molar-refractivity contribution in [3.63, 3.8) is 0 Å². The average molecular weight is 224 g/mol. The van der Waals surface area contributed by atoms with Gasteiger partial charge in [0.2, 0.25) is 0 Å². The van der Waals surface area contributed by atoms with Crippen LogP contribution in [0, 0.1) is 5.82 Å². The van der Waals surface area contributed by atoms with E-state index in [9.17, 15) is 14.0 Å². The molecule has 0 radical (unpaired) electrons. The zero-order valence-corrected chi connectivity index (χ0v) is 9.25. The van der Waals surface area contributed by atoms with Gasteiger partial charge in [-0.05, 0) is 37.6 Å². The van der Waals surface area contributed by atoms with Crippen LogP contribution in [-0.2, 0) is 16.0 Å². The van der Waals surface area contributed by atoms with Crippen molar-refractivity contribution in [1.29, 1.82) is 0 Å². The summed E-state index contributed by atoms with van der Waals surface area (Å²) in [5.74, 6) is -1.18. The van der Waals surface area contributed by atoms with Gasteiger partial charge in [-0.1, -0.05) is 0 Å². The standard InChI is InChI=1S/C12H13FO3/c1-3-16-12(15)6-9-4-10(8(2)14)7-11(13)5-9/h4-5,7H,3,6H2,1-2H3. The Hall–Kier alpha value is -1.71. The number of hydrogen-bond acceptors (Lipinski definition) is 3. The molecule has 16 heavy (non-hydrogen) atoms. The van der Waals surface area contributed by atoms with Crippen molar-refractivity contribution in [1.82, 2.24) is 0 Å². The van der Waals surface area contributed by atoms with Crippen molar-refractivity contribution in [3.05, 3.63) is 35.1 Å². The van der Waals surface area contributed by atoms with E-state index >= 15 is 0 Å². The molecule has 1 aromatic carbocycles. The van der Waals surface area contributed by atoms with Crippen molar-refractivity contribution in [3.8, 4) is 0 Å². The molecule has 86 valence electrons. The lowest BCUT2D eigenvalue weighted by Gasteiger charge is -2.04. The van der Waals surface area contributed by atoms with E-state index in [2.05, 4.69) is 0 Å². The number of benzene rings is 1. The maximum absolute atomic E-state index is 13.1. The van der Waals surface area contributed by atoms with Crippen LogP contribution in [0.3, 0.4) is 0 Å². The maximum Gasteiger partial charge on any atom is 0.310 e. The smallest absolute Gasteiger partial charge is 0.310 e. The summed E-state index contributed by atoms with van der Waals surface area (Å²) in [5.41, 5.74) is 0.711. The Kier molecular flexibility index (Phi) is 4.17. The van der Waals surface area contributed by atoms with E-state index in [0.29, 0.717) is 5.56 Å². The van der Waals surface area contributed by atoms with Crippen molar-refractivity contribution in [2.45, 2.75) is 20.3 Å². The first kappa shape index (κ1) is 12.4. The number of carbonyl (C=O) groups is 2. The molecule has 0 saturated heterocycles. The van der Waals surface area contributed by atoms with Crippen molar-refractivity contribution >= 4 is 11.8 Å². The predicted molar refractivity (Wildman–Crippen MR) is 56.7 cm³/mol. The van der Waals surface area contributed by atoms with Gasteiger partial charge in [0.25, 0.3) is 0 Å². The van der Waals surface area contributed by atoms with Crippen LogP contribution < -0.4 is 0 Å². The molecule has 0 aliphatic rings. The van der Waals surface area contributed by atoms with Gasteiger partial charge in [0.1, 0.15) is 5.82 Å². The van der Waals surface area contributed by atoms with Crippen LogP contribution in [0.2, 0.25) is 0 Å². The number of rotatable bonds is 4.